The highest BCUT2D eigenvalue weighted by Crippen LogP contribution is 2.28. The molecule has 1 atom stereocenters. The Morgan fingerprint density at radius 3 is 2.43 bits per heavy atom. The van der Waals surface area contributed by atoms with E-state index in [0.29, 0.717) is 16.0 Å². The van der Waals surface area contributed by atoms with E-state index >= 15 is 0 Å². The second-order valence-corrected chi connectivity index (χ2v) is 4.75. The van der Waals surface area contributed by atoms with Gasteiger partial charge in [-0.05, 0) is 30.0 Å². The van der Waals surface area contributed by atoms with Crippen molar-refractivity contribution in [3.8, 4) is 0 Å². The van der Waals surface area contributed by atoms with Crippen LogP contribution in [0.4, 0.5) is 0 Å². The Kier molecular flexibility index (Phi) is 4.24. The predicted octanol–water partition coefficient (Wildman–Crippen LogP) is 4.04. The lowest BCUT2D eigenvalue weighted by molar-refractivity contribution is 0.510. The minimum atomic E-state index is -0.000216. The highest BCUT2D eigenvalue weighted by molar-refractivity contribution is 6.35. The number of halogens is 2. The Morgan fingerprint density at radius 1 is 1.29 bits per heavy atom. The van der Waals surface area contributed by atoms with Crippen LogP contribution in [-0.4, -0.2) is 0 Å². The van der Waals surface area contributed by atoms with E-state index in [4.69, 9.17) is 28.9 Å². The van der Waals surface area contributed by atoms with Gasteiger partial charge >= 0.3 is 0 Å². The summed E-state index contributed by atoms with van der Waals surface area (Å²) in [5.41, 5.74) is 7.00. The molecule has 0 fully saturated rings. The van der Waals surface area contributed by atoms with Gasteiger partial charge in [-0.1, -0.05) is 43.1 Å². The fourth-order valence-corrected chi connectivity index (χ4v) is 1.99. The average molecular weight is 232 g/mol. The van der Waals surface area contributed by atoms with Gasteiger partial charge in [0.1, 0.15) is 0 Å². The van der Waals surface area contributed by atoms with Crippen LogP contribution in [0.5, 0.6) is 0 Å². The predicted molar refractivity (Wildman–Crippen MR) is 62.8 cm³/mol. The molecule has 0 heterocycles. The zero-order valence-electron chi connectivity index (χ0n) is 8.43. The maximum absolute atomic E-state index is 6.04. The normalized spacial score (nSPS) is 13.3. The van der Waals surface area contributed by atoms with E-state index in [1.807, 2.05) is 12.1 Å². The quantitative estimate of drug-likeness (QED) is 0.836. The highest BCUT2D eigenvalue weighted by Gasteiger charge is 2.11. The van der Waals surface area contributed by atoms with Gasteiger partial charge in [-0.2, -0.15) is 0 Å². The summed E-state index contributed by atoms with van der Waals surface area (Å²) in [6.45, 7) is 4.29. The maximum atomic E-state index is 6.04. The molecule has 0 saturated heterocycles. The Balaban J connectivity index is 2.84. The SMILES string of the molecule is CC(C)C[C@H](N)c1ccc(Cl)cc1Cl. The van der Waals surface area contributed by atoms with Crippen molar-refractivity contribution in [1.82, 2.24) is 0 Å². The minimum absolute atomic E-state index is 0.000216. The first-order valence-electron chi connectivity index (χ1n) is 4.71. The summed E-state index contributed by atoms with van der Waals surface area (Å²) in [5.74, 6) is 0.566. The summed E-state index contributed by atoms with van der Waals surface area (Å²) < 4.78 is 0. The van der Waals surface area contributed by atoms with Crippen LogP contribution >= 0.6 is 23.2 Å². The molecule has 0 unspecified atom stereocenters. The van der Waals surface area contributed by atoms with E-state index < -0.39 is 0 Å². The summed E-state index contributed by atoms with van der Waals surface area (Å²) in [7, 11) is 0. The maximum Gasteiger partial charge on any atom is 0.0468 e. The molecule has 0 aliphatic rings. The summed E-state index contributed by atoms with van der Waals surface area (Å²) >= 11 is 11.8. The molecular formula is C11H15Cl2N. The van der Waals surface area contributed by atoms with Gasteiger partial charge in [0, 0.05) is 16.1 Å². The Bertz CT molecular complexity index is 310. The Hall–Kier alpha value is -0.240. The number of nitrogens with two attached hydrogens (primary N) is 1. The van der Waals surface area contributed by atoms with E-state index in [9.17, 15) is 0 Å². The lowest BCUT2D eigenvalue weighted by atomic mass is 9.98. The van der Waals surface area contributed by atoms with Crippen molar-refractivity contribution in [3.63, 3.8) is 0 Å². The molecule has 0 bridgehead atoms. The van der Waals surface area contributed by atoms with E-state index in [1.165, 1.54) is 0 Å². The molecular weight excluding hydrogens is 217 g/mol. The van der Waals surface area contributed by atoms with Crippen molar-refractivity contribution in [2.45, 2.75) is 26.3 Å². The zero-order chi connectivity index (χ0) is 10.7. The zero-order valence-corrected chi connectivity index (χ0v) is 9.94. The van der Waals surface area contributed by atoms with Crippen LogP contribution in [0.2, 0.25) is 10.0 Å². The van der Waals surface area contributed by atoms with Crippen LogP contribution < -0.4 is 5.73 Å². The molecule has 1 aromatic carbocycles. The van der Waals surface area contributed by atoms with Crippen molar-refractivity contribution < 1.29 is 0 Å². The first-order chi connectivity index (χ1) is 6.50. The van der Waals surface area contributed by atoms with Gasteiger partial charge in [0.2, 0.25) is 0 Å². The number of rotatable bonds is 3. The molecule has 14 heavy (non-hydrogen) atoms. The number of hydrogen-bond donors (Lipinski definition) is 1. The molecule has 1 nitrogen and oxygen atoms in total. The van der Waals surface area contributed by atoms with Crippen LogP contribution in [0.3, 0.4) is 0 Å². The van der Waals surface area contributed by atoms with Crippen molar-refractivity contribution in [3.05, 3.63) is 33.8 Å². The first-order valence-corrected chi connectivity index (χ1v) is 5.47. The lowest BCUT2D eigenvalue weighted by Crippen LogP contribution is -2.13. The molecule has 0 aromatic heterocycles. The van der Waals surface area contributed by atoms with Gasteiger partial charge in [-0.3, -0.25) is 0 Å². The van der Waals surface area contributed by atoms with E-state index in [0.717, 1.165) is 12.0 Å². The molecule has 1 aromatic rings. The average Bonchev–Trinajstić information content (AvgIpc) is 2.01. The van der Waals surface area contributed by atoms with Crippen LogP contribution in [0.15, 0.2) is 18.2 Å². The summed E-state index contributed by atoms with van der Waals surface area (Å²) in [6.07, 6.45) is 0.932. The Labute approximate surface area is 95.2 Å². The Morgan fingerprint density at radius 2 is 1.93 bits per heavy atom. The summed E-state index contributed by atoms with van der Waals surface area (Å²) in [4.78, 5) is 0. The number of hydrogen-bond acceptors (Lipinski definition) is 1. The molecule has 1 rings (SSSR count). The summed E-state index contributed by atoms with van der Waals surface area (Å²) in [6, 6.07) is 5.46. The molecule has 0 aliphatic heterocycles. The van der Waals surface area contributed by atoms with Crippen LogP contribution in [0, 0.1) is 5.92 Å². The molecule has 2 N–H and O–H groups in total. The van der Waals surface area contributed by atoms with Crippen molar-refractivity contribution in [1.29, 1.82) is 0 Å². The molecule has 78 valence electrons. The largest absolute Gasteiger partial charge is 0.324 e. The molecule has 0 radical (unpaired) electrons. The highest BCUT2D eigenvalue weighted by atomic mass is 35.5. The molecule has 0 saturated carbocycles. The third kappa shape index (κ3) is 3.16. The van der Waals surface area contributed by atoms with Gasteiger partial charge < -0.3 is 5.73 Å². The second kappa shape index (κ2) is 5.01. The van der Waals surface area contributed by atoms with E-state index in [2.05, 4.69) is 13.8 Å². The molecule has 0 spiro atoms. The van der Waals surface area contributed by atoms with Gasteiger partial charge in [0.05, 0.1) is 0 Å². The smallest absolute Gasteiger partial charge is 0.0468 e. The molecule has 0 amide bonds. The van der Waals surface area contributed by atoms with Gasteiger partial charge in [0.15, 0.2) is 0 Å². The van der Waals surface area contributed by atoms with Crippen LogP contribution in [0.25, 0.3) is 0 Å². The first kappa shape index (κ1) is 11.8. The van der Waals surface area contributed by atoms with Gasteiger partial charge in [-0.15, -0.1) is 0 Å². The van der Waals surface area contributed by atoms with Gasteiger partial charge in [0.25, 0.3) is 0 Å². The number of benzene rings is 1. The third-order valence-electron chi connectivity index (χ3n) is 2.09. The fraction of sp³-hybridized carbons (Fsp3) is 0.455. The van der Waals surface area contributed by atoms with E-state index in [1.54, 1.807) is 6.07 Å². The summed E-state index contributed by atoms with van der Waals surface area (Å²) in [5, 5.41) is 1.31. The lowest BCUT2D eigenvalue weighted by Gasteiger charge is -2.15. The van der Waals surface area contributed by atoms with Crippen molar-refractivity contribution >= 4 is 23.2 Å². The van der Waals surface area contributed by atoms with E-state index in [-0.39, 0.29) is 6.04 Å². The van der Waals surface area contributed by atoms with Crippen molar-refractivity contribution in [2.75, 3.05) is 0 Å². The second-order valence-electron chi connectivity index (χ2n) is 3.90. The van der Waals surface area contributed by atoms with Crippen LogP contribution in [0.1, 0.15) is 31.9 Å². The fourth-order valence-electron chi connectivity index (χ4n) is 1.44. The topological polar surface area (TPSA) is 26.0 Å². The van der Waals surface area contributed by atoms with Gasteiger partial charge in [-0.25, -0.2) is 0 Å². The standard InChI is InChI=1S/C11H15Cl2N/c1-7(2)5-11(14)9-4-3-8(12)6-10(9)13/h3-4,6-7,11H,5,14H2,1-2H3/t11-/m0/s1. The van der Waals surface area contributed by atoms with Crippen LogP contribution in [-0.2, 0) is 0 Å². The molecule has 3 heteroatoms. The monoisotopic (exact) mass is 231 g/mol. The molecule has 0 aliphatic carbocycles. The van der Waals surface area contributed by atoms with Crippen molar-refractivity contribution in [2.24, 2.45) is 11.7 Å². The minimum Gasteiger partial charge on any atom is -0.324 e. The third-order valence-corrected chi connectivity index (χ3v) is 2.65.